The Morgan fingerprint density at radius 2 is 1.78 bits per heavy atom. The third-order valence-corrected chi connectivity index (χ3v) is 2.51. The lowest BCUT2D eigenvalue weighted by atomic mass is 10.0. The smallest absolute Gasteiger partial charge is 0.312 e. The van der Waals surface area contributed by atoms with E-state index >= 15 is 0 Å². The van der Waals surface area contributed by atoms with Gasteiger partial charge >= 0.3 is 12.0 Å². The van der Waals surface area contributed by atoms with Crippen molar-refractivity contribution >= 4 is 17.9 Å². The molecule has 5 N–H and O–H groups in total. The number of urea groups is 1. The van der Waals surface area contributed by atoms with Crippen LogP contribution in [0.5, 0.6) is 0 Å². The van der Waals surface area contributed by atoms with Crippen molar-refractivity contribution in [3.8, 4) is 0 Å². The lowest BCUT2D eigenvalue weighted by Gasteiger charge is -2.23. The van der Waals surface area contributed by atoms with Gasteiger partial charge in [0, 0.05) is 6.04 Å². The zero-order valence-electron chi connectivity index (χ0n) is 10.9. The van der Waals surface area contributed by atoms with E-state index in [0.717, 1.165) is 0 Å². The molecule has 0 aromatic carbocycles. The summed E-state index contributed by atoms with van der Waals surface area (Å²) in [5.74, 6) is -1.54. The van der Waals surface area contributed by atoms with Crippen LogP contribution in [-0.2, 0) is 9.59 Å². The maximum Gasteiger partial charge on any atom is 0.312 e. The van der Waals surface area contributed by atoms with Crippen LogP contribution in [0.2, 0.25) is 0 Å². The number of nitrogens with one attached hydrogen (secondary N) is 2. The van der Waals surface area contributed by atoms with Gasteiger partial charge in [-0.3, -0.25) is 9.59 Å². The summed E-state index contributed by atoms with van der Waals surface area (Å²) >= 11 is 0. The van der Waals surface area contributed by atoms with E-state index in [0.29, 0.717) is 6.42 Å². The highest BCUT2D eigenvalue weighted by Gasteiger charge is 2.25. The zero-order chi connectivity index (χ0) is 14.3. The van der Waals surface area contributed by atoms with Crippen LogP contribution in [0.1, 0.15) is 33.6 Å². The van der Waals surface area contributed by atoms with Gasteiger partial charge in [-0.25, -0.2) is 4.79 Å². The Kier molecular flexibility index (Phi) is 6.77. The van der Waals surface area contributed by atoms with E-state index in [1.807, 2.05) is 0 Å². The summed E-state index contributed by atoms with van der Waals surface area (Å²) in [6.07, 6.45) is 0.350. The molecule has 0 heterocycles. The number of carbonyl (C=O) groups is 3. The van der Waals surface area contributed by atoms with Gasteiger partial charge < -0.3 is 21.5 Å². The van der Waals surface area contributed by atoms with Gasteiger partial charge in [0.15, 0.2) is 0 Å². The first-order chi connectivity index (χ1) is 8.27. The number of carbonyl (C=O) groups excluding carboxylic acids is 2. The van der Waals surface area contributed by atoms with Crippen LogP contribution < -0.4 is 16.4 Å². The topological polar surface area (TPSA) is 122 Å². The van der Waals surface area contributed by atoms with Gasteiger partial charge in [-0.2, -0.15) is 0 Å². The summed E-state index contributed by atoms with van der Waals surface area (Å²) in [7, 11) is 0. The fraction of sp³-hybridized carbons (Fsp3) is 0.727. The van der Waals surface area contributed by atoms with Gasteiger partial charge in [0.2, 0.25) is 5.91 Å². The molecule has 104 valence electrons. The molecule has 18 heavy (non-hydrogen) atoms. The summed E-state index contributed by atoms with van der Waals surface area (Å²) in [4.78, 5) is 33.3. The number of carboxylic acids is 1. The fourth-order valence-corrected chi connectivity index (χ4v) is 1.49. The second kappa shape index (κ2) is 7.52. The molecule has 0 aliphatic rings. The Hall–Kier alpha value is -1.79. The van der Waals surface area contributed by atoms with E-state index in [1.54, 1.807) is 20.8 Å². The van der Waals surface area contributed by atoms with Crippen molar-refractivity contribution in [2.45, 2.75) is 45.7 Å². The summed E-state index contributed by atoms with van der Waals surface area (Å²) in [5.41, 5.74) is 4.99. The van der Waals surface area contributed by atoms with Gasteiger partial charge in [-0.1, -0.05) is 20.8 Å². The van der Waals surface area contributed by atoms with E-state index in [-0.39, 0.29) is 12.3 Å². The largest absolute Gasteiger partial charge is 0.481 e. The standard InChI is InChI=1S/C11H21N3O4/c1-4-7(5-8(15)16)13-10(17)9(6(2)3)14-11(12)18/h6-7,9H,4-5H2,1-3H3,(H,13,17)(H,15,16)(H3,12,14,18). The lowest BCUT2D eigenvalue weighted by molar-refractivity contribution is -0.137. The van der Waals surface area contributed by atoms with E-state index in [2.05, 4.69) is 10.6 Å². The molecule has 0 aliphatic carbocycles. The average molecular weight is 259 g/mol. The van der Waals surface area contributed by atoms with Gasteiger partial charge in [0.1, 0.15) is 6.04 Å². The quantitative estimate of drug-likeness (QED) is 0.516. The highest BCUT2D eigenvalue weighted by atomic mass is 16.4. The van der Waals surface area contributed by atoms with Crippen molar-refractivity contribution in [1.82, 2.24) is 10.6 Å². The summed E-state index contributed by atoms with van der Waals surface area (Å²) < 4.78 is 0. The van der Waals surface area contributed by atoms with Crippen LogP contribution in [0.25, 0.3) is 0 Å². The molecule has 0 bridgehead atoms. The number of primary amides is 1. The number of hydrogen-bond donors (Lipinski definition) is 4. The molecule has 7 heteroatoms. The van der Waals surface area contributed by atoms with Crippen LogP contribution in [0.15, 0.2) is 0 Å². The average Bonchev–Trinajstić information content (AvgIpc) is 2.23. The second-order valence-corrected chi connectivity index (χ2v) is 4.44. The first-order valence-corrected chi connectivity index (χ1v) is 5.86. The molecule has 0 aromatic heterocycles. The molecule has 0 aliphatic heterocycles. The fourth-order valence-electron chi connectivity index (χ4n) is 1.49. The van der Waals surface area contributed by atoms with E-state index < -0.39 is 30.0 Å². The number of amides is 3. The van der Waals surface area contributed by atoms with Crippen LogP contribution in [0.4, 0.5) is 4.79 Å². The minimum absolute atomic E-state index is 0.139. The third-order valence-electron chi connectivity index (χ3n) is 2.51. The van der Waals surface area contributed by atoms with Crippen molar-refractivity contribution in [3.63, 3.8) is 0 Å². The Balaban J connectivity index is 4.57. The Morgan fingerprint density at radius 3 is 2.11 bits per heavy atom. The van der Waals surface area contributed by atoms with Crippen LogP contribution >= 0.6 is 0 Å². The Morgan fingerprint density at radius 1 is 1.22 bits per heavy atom. The van der Waals surface area contributed by atoms with Crippen molar-refractivity contribution in [1.29, 1.82) is 0 Å². The number of rotatable bonds is 7. The maximum atomic E-state index is 11.9. The van der Waals surface area contributed by atoms with Gasteiger partial charge in [0.25, 0.3) is 0 Å². The van der Waals surface area contributed by atoms with Gasteiger partial charge in [-0.15, -0.1) is 0 Å². The van der Waals surface area contributed by atoms with E-state index in [9.17, 15) is 14.4 Å². The van der Waals surface area contributed by atoms with E-state index in [1.165, 1.54) is 0 Å². The molecule has 0 fully saturated rings. The SMILES string of the molecule is CCC(CC(=O)O)NC(=O)C(NC(N)=O)C(C)C. The normalized spacial score (nSPS) is 13.8. The van der Waals surface area contributed by atoms with Gasteiger partial charge in [0.05, 0.1) is 6.42 Å². The Labute approximate surface area is 106 Å². The highest BCUT2D eigenvalue weighted by molar-refractivity contribution is 5.87. The molecular weight excluding hydrogens is 238 g/mol. The summed E-state index contributed by atoms with van der Waals surface area (Å²) in [6, 6.07) is -1.99. The van der Waals surface area contributed by atoms with Crippen molar-refractivity contribution in [2.24, 2.45) is 11.7 Å². The molecule has 0 saturated carbocycles. The highest BCUT2D eigenvalue weighted by Crippen LogP contribution is 2.04. The first kappa shape index (κ1) is 16.2. The Bertz CT molecular complexity index is 317. The molecule has 2 unspecified atom stereocenters. The molecule has 2 atom stereocenters. The molecule has 7 nitrogen and oxygen atoms in total. The van der Waals surface area contributed by atoms with E-state index in [4.69, 9.17) is 10.8 Å². The second-order valence-electron chi connectivity index (χ2n) is 4.44. The van der Waals surface area contributed by atoms with Crippen LogP contribution in [0, 0.1) is 5.92 Å². The summed E-state index contributed by atoms with van der Waals surface area (Å²) in [5, 5.41) is 13.6. The lowest BCUT2D eigenvalue weighted by Crippen LogP contribution is -2.53. The predicted octanol–water partition coefficient (Wildman–Crippen LogP) is 0.0488. The van der Waals surface area contributed by atoms with Gasteiger partial charge in [-0.05, 0) is 12.3 Å². The monoisotopic (exact) mass is 259 g/mol. The minimum Gasteiger partial charge on any atom is -0.481 e. The maximum absolute atomic E-state index is 11.9. The molecule has 3 amide bonds. The minimum atomic E-state index is -0.980. The molecule has 0 spiro atoms. The summed E-state index contributed by atoms with van der Waals surface area (Å²) in [6.45, 7) is 5.30. The number of hydrogen-bond acceptors (Lipinski definition) is 3. The molecule has 0 aromatic rings. The number of nitrogens with two attached hydrogens (primary N) is 1. The van der Waals surface area contributed by atoms with Crippen molar-refractivity contribution in [3.05, 3.63) is 0 Å². The van der Waals surface area contributed by atoms with Crippen molar-refractivity contribution in [2.75, 3.05) is 0 Å². The zero-order valence-corrected chi connectivity index (χ0v) is 10.9. The first-order valence-electron chi connectivity index (χ1n) is 5.86. The van der Waals surface area contributed by atoms with Crippen molar-refractivity contribution < 1.29 is 19.5 Å². The number of aliphatic carboxylic acids is 1. The van der Waals surface area contributed by atoms with Crippen LogP contribution in [0.3, 0.4) is 0 Å². The molecule has 0 rings (SSSR count). The third kappa shape index (κ3) is 6.07. The molecule has 0 saturated heterocycles. The van der Waals surface area contributed by atoms with Crippen LogP contribution in [-0.4, -0.2) is 35.1 Å². The molecular formula is C11H21N3O4. The predicted molar refractivity (Wildman–Crippen MR) is 65.8 cm³/mol. The molecule has 0 radical (unpaired) electrons. The number of carboxylic acid groups (broad SMARTS) is 1.